The van der Waals surface area contributed by atoms with E-state index in [-0.39, 0.29) is 18.1 Å². The quantitative estimate of drug-likeness (QED) is 0.554. The molecule has 1 amide bonds. The van der Waals surface area contributed by atoms with Gasteiger partial charge in [-0.2, -0.15) is 0 Å². The highest BCUT2D eigenvalue weighted by Gasteiger charge is 2.14. The van der Waals surface area contributed by atoms with Gasteiger partial charge in [-0.3, -0.25) is 9.78 Å². The van der Waals surface area contributed by atoms with E-state index in [0.717, 1.165) is 5.39 Å². The van der Waals surface area contributed by atoms with Gasteiger partial charge in [0.2, 0.25) is 0 Å². The van der Waals surface area contributed by atoms with E-state index in [1.807, 2.05) is 24.3 Å². The van der Waals surface area contributed by atoms with Crippen molar-refractivity contribution in [3.8, 4) is 5.75 Å². The number of amides is 1. The van der Waals surface area contributed by atoms with Gasteiger partial charge >= 0.3 is 0 Å². The third kappa shape index (κ3) is 3.64. The summed E-state index contributed by atoms with van der Waals surface area (Å²) in [6.07, 6.45) is 1.67. The fraction of sp³-hybridized carbons (Fsp3) is 0.0476. The van der Waals surface area contributed by atoms with Gasteiger partial charge in [0.25, 0.3) is 5.91 Å². The number of fused-ring (bicyclic) bond motifs is 1. The third-order valence-corrected chi connectivity index (χ3v) is 3.97. The number of halogens is 1. The van der Waals surface area contributed by atoms with Gasteiger partial charge in [0, 0.05) is 11.6 Å². The third-order valence-electron chi connectivity index (χ3n) is 3.97. The second kappa shape index (κ2) is 7.29. The van der Waals surface area contributed by atoms with Crippen molar-refractivity contribution in [2.24, 2.45) is 0 Å². The summed E-state index contributed by atoms with van der Waals surface area (Å²) < 4.78 is 24.5. The van der Waals surface area contributed by atoms with Crippen molar-refractivity contribution >= 4 is 22.5 Å². The molecule has 134 valence electrons. The molecule has 1 N–H and O–H groups in total. The summed E-state index contributed by atoms with van der Waals surface area (Å²) in [4.78, 5) is 16.8. The number of furan rings is 1. The van der Waals surface area contributed by atoms with Crippen LogP contribution in [-0.2, 0) is 6.61 Å². The summed E-state index contributed by atoms with van der Waals surface area (Å²) in [5, 5.41) is 3.73. The molecule has 0 atom stereocenters. The van der Waals surface area contributed by atoms with Crippen molar-refractivity contribution in [1.82, 2.24) is 4.98 Å². The smallest absolute Gasteiger partial charge is 0.291 e. The van der Waals surface area contributed by atoms with Crippen molar-refractivity contribution in [2.75, 3.05) is 5.32 Å². The molecule has 0 radical (unpaired) electrons. The summed E-state index contributed by atoms with van der Waals surface area (Å²) in [5.41, 5.74) is 1.29. The van der Waals surface area contributed by atoms with Crippen molar-refractivity contribution in [3.63, 3.8) is 0 Å². The minimum absolute atomic E-state index is 0.0179. The number of carbonyl (C=O) groups excluding carboxylic acids is 1. The molecule has 0 saturated carbocycles. The number of nitrogens with one attached hydrogen (secondary N) is 1. The Morgan fingerprint density at radius 1 is 1.04 bits per heavy atom. The van der Waals surface area contributed by atoms with Gasteiger partial charge in [-0.05, 0) is 36.4 Å². The van der Waals surface area contributed by atoms with Crippen molar-refractivity contribution in [3.05, 3.63) is 90.3 Å². The van der Waals surface area contributed by atoms with Gasteiger partial charge in [0.15, 0.2) is 17.3 Å². The predicted octanol–water partition coefficient (Wildman–Crippen LogP) is 4.80. The van der Waals surface area contributed by atoms with E-state index in [4.69, 9.17) is 9.15 Å². The first-order valence-corrected chi connectivity index (χ1v) is 8.32. The van der Waals surface area contributed by atoms with E-state index < -0.39 is 11.7 Å². The molecule has 2 heterocycles. The minimum atomic E-state index is -0.453. The van der Waals surface area contributed by atoms with Crippen molar-refractivity contribution < 1.29 is 18.3 Å². The maximum Gasteiger partial charge on any atom is 0.291 e. The van der Waals surface area contributed by atoms with Crippen LogP contribution in [0.5, 0.6) is 5.75 Å². The summed E-state index contributed by atoms with van der Waals surface area (Å²) in [7, 11) is 0. The maximum atomic E-state index is 13.6. The molecule has 5 nitrogen and oxygen atoms in total. The van der Waals surface area contributed by atoms with Crippen molar-refractivity contribution in [1.29, 1.82) is 0 Å². The van der Waals surface area contributed by atoms with Gasteiger partial charge in [-0.15, -0.1) is 0 Å². The van der Waals surface area contributed by atoms with Gasteiger partial charge in [0.1, 0.15) is 12.4 Å². The predicted molar refractivity (Wildman–Crippen MR) is 99.1 cm³/mol. The molecule has 0 aliphatic carbocycles. The fourth-order valence-electron chi connectivity index (χ4n) is 2.68. The molecule has 0 spiro atoms. The standard InChI is InChI=1S/C21H15FN2O3/c22-16-7-1-2-9-18(16)26-13-15-10-11-19(27-15)21(25)24-17-8-3-5-14-6-4-12-23-20(14)17/h1-12H,13H2,(H,24,25). The minimum Gasteiger partial charge on any atom is -0.483 e. The zero-order chi connectivity index (χ0) is 18.6. The van der Waals surface area contributed by atoms with Crippen LogP contribution in [0.1, 0.15) is 16.3 Å². The van der Waals surface area contributed by atoms with Crippen LogP contribution >= 0.6 is 0 Å². The number of hydrogen-bond acceptors (Lipinski definition) is 4. The molecule has 4 aromatic rings. The Balaban J connectivity index is 1.46. The van der Waals surface area contributed by atoms with Crippen LogP contribution in [0.15, 0.2) is 77.3 Å². The molecule has 0 unspecified atom stereocenters. The van der Waals surface area contributed by atoms with E-state index in [0.29, 0.717) is 17.0 Å². The van der Waals surface area contributed by atoms with Crippen LogP contribution in [0.4, 0.5) is 10.1 Å². The molecule has 6 heteroatoms. The summed E-state index contributed by atoms with van der Waals surface area (Å²) in [6.45, 7) is 0.0179. The lowest BCUT2D eigenvalue weighted by Gasteiger charge is -2.07. The van der Waals surface area contributed by atoms with Gasteiger partial charge in [0.05, 0.1) is 11.2 Å². The van der Waals surface area contributed by atoms with Crippen LogP contribution in [0.25, 0.3) is 10.9 Å². The Bertz CT molecular complexity index is 1100. The Morgan fingerprint density at radius 2 is 1.89 bits per heavy atom. The van der Waals surface area contributed by atoms with E-state index in [2.05, 4.69) is 10.3 Å². The van der Waals surface area contributed by atoms with E-state index in [1.165, 1.54) is 12.1 Å². The molecule has 0 bridgehead atoms. The molecular formula is C21H15FN2O3. The molecule has 0 fully saturated rings. The van der Waals surface area contributed by atoms with Crippen LogP contribution in [0, 0.1) is 5.82 Å². The van der Waals surface area contributed by atoms with E-state index in [1.54, 1.807) is 36.5 Å². The lowest BCUT2D eigenvalue weighted by molar-refractivity contribution is 0.0992. The molecule has 27 heavy (non-hydrogen) atoms. The topological polar surface area (TPSA) is 64.4 Å². The van der Waals surface area contributed by atoms with Gasteiger partial charge in [-0.25, -0.2) is 4.39 Å². The summed E-state index contributed by atoms with van der Waals surface area (Å²) in [5.74, 6) is -0.174. The molecule has 0 aliphatic rings. The van der Waals surface area contributed by atoms with Crippen LogP contribution < -0.4 is 10.1 Å². The Kier molecular flexibility index (Phi) is 4.53. The highest BCUT2D eigenvalue weighted by molar-refractivity contribution is 6.06. The first kappa shape index (κ1) is 16.8. The van der Waals surface area contributed by atoms with Crippen LogP contribution in [0.3, 0.4) is 0 Å². The average Bonchev–Trinajstić information content (AvgIpc) is 3.17. The largest absolute Gasteiger partial charge is 0.483 e. The molecule has 0 aliphatic heterocycles. The fourth-order valence-corrected chi connectivity index (χ4v) is 2.68. The number of aromatic nitrogens is 1. The molecule has 4 rings (SSSR count). The van der Waals surface area contributed by atoms with Crippen LogP contribution in [0.2, 0.25) is 0 Å². The number of para-hydroxylation sites is 2. The number of nitrogens with zero attached hydrogens (tertiary/aromatic N) is 1. The van der Waals surface area contributed by atoms with Crippen LogP contribution in [-0.4, -0.2) is 10.9 Å². The maximum absolute atomic E-state index is 13.6. The number of carbonyl (C=O) groups is 1. The number of anilines is 1. The second-order valence-electron chi connectivity index (χ2n) is 5.82. The van der Waals surface area contributed by atoms with E-state index in [9.17, 15) is 9.18 Å². The summed E-state index contributed by atoms with van der Waals surface area (Å²) in [6, 6.07) is 18.6. The van der Waals surface area contributed by atoms with Gasteiger partial charge < -0.3 is 14.5 Å². The zero-order valence-corrected chi connectivity index (χ0v) is 14.2. The number of hydrogen-bond donors (Lipinski definition) is 1. The SMILES string of the molecule is O=C(Nc1cccc2cccnc12)c1ccc(COc2ccccc2F)o1. The lowest BCUT2D eigenvalue weighted by Crippen LogP contribution is -2.11. The monoisotopic (exact) mass is 362 g/mol. The highest BCUT2D eigenvalue weighted by atomic mass is 19.1. The molecular weight excluding hydrogens is 347 g/mol. The average molecular weight is 362 g/mol. The van der Waals surface area contributed by atoms with Gasteiger partial charge in [-0.1, -0.05) is 30.3 Å². The number of benzene rings is 2. The zero-order valence-electron chi connectivity index (χ0n) is 14.2. The normalized spacial score (nSPS) is 10.7. The van der Waals surface area contributed by atoms with Crippen molar-refractivity contribution in [2.45, 2.75) is 6.61 Å². The number of pyridine rings is 1. The van der Waals surface area contributed by atoms with E-state index >= 15 is 0 Å². The molecule has 0 saturated heterocycles. The second-order valence-corrected chi connectivity index (χ2v) is 5.82. The molecule has 2 aromatic carbocycles. The Labute approximate surface area is 154 Å². The molecule has 2 aromatic heterocycles. The number of rotatable bonds is 5. The number of ether oxygens (including phenoxy) is 1. The Hall–Kier alpha value is -3.67. The Morgan fingerprint density at radius 3 is 2.78 bits per heavy atom. The highest BCUT2D eigenvalue weighted by Crippen LogP contribution is 2.22. The first-order chi connectivity index (χ1) is 13.2. The lowest BCUT2D eigenvalue weighted by atomic mass is 10.2. The summed E-state index contributed by atoms with van der Waals surface area (Å²) >= 11 is 0. The first-order valence-electron chi connectivity index (χ1n) is 8.32.